The number of carbonyl (C=O) groups is 1. The molecule has 3 heteroatoms. The molecule has 0 aromatic carbocycles. The van der Waals surface area contributed by atoms with Gasteiger partial charge in [0.05, 0.1) is 0 Å². The maximum atomic E-state index is 11.2. The molecule has 0 saturated heterocycles. The fourth-order valence-electron chi connectivity index (χ4n) is 2.15. The summed E-state index contributed by atoms with van der Waals surface area (Å²) in [6, 6.07) is 2.05. The van der Waals surface area contributed by atoms with E-state index < -0.39 is 0 Å². The molecule has 0 radical (unpaired) electrons. The molecule has 1 atom stereocenters. The summed E-state index contributed by atoms with van der Waals surface area (Å²) in [5.41, 5.74) is 1.25. The monoisotopic (exact) mass is 192 g/mol. The van der Waals surface area contributed by atoms with Gasteiger partial charge in [-0.05, 0) is 18.9 Å². The quantitative estimate of drug-likeness (QED) is 0.735. The van der Waals surface area contributed by atoms with Gasteiger partial charge in [-0.25, -0.2) is 0 Å². The van der Waals surface area contributed by atoms with Gasteiger partial charge in [0.1, 0.15) is 5.78 Å². The summed E-state index contributed by atoms with van der Waals surface area (Å²) in [5.74, 6) is 0.829. The third kappa shape index (κ3) is 1.72. The molecule has 2 rings (SSSR count). The van der Waals surface area contributed by atoms with Gasteiger partial charge in [-0.3, -0.25) is 9.48 Å². The number of nitrogens with zero attached hydrogens (tertiary/aromatic N) is 2. The third-order valence-corrected chi connectivity index (χ3v) is 2.85. The van der Waals surface area contributed by atoms with E-state index in [0.29, 0.717) is 11.7 Å². The average molecular weight is 192 g/mol. The predicted molar refractivity (Wildman–Crippen MR) is 54.1 cm³/mol. The molecule has 0 N–H and O–H groups in total. The SMILES string of the molecule is CCCn1nccc1C1CCC(=O)C1. The van der Waals surface area contributed by atoms with Gasteiger partial charge >= 0.3 is 0 Å². The maximum Gasteiger partial charge on any atom is 0.133 e. The highest BCUT2D eigenvalue weighted by Crippen LogP contribution is 2.31. The van der Waals surface area contributed by atoms with E-state index >= 15 is 0 Å². The zero-order valence-electron chi connectivity index (χ0n) is 8.57. The van der Waals surface area contributed by atoms with Gasteiger partial charge in [-0.1, -0.05) is 6.92 Å². The fourth-order valence-corrected chi connectivity index (χ4v) is 2.15. The summed E-state index contributed by atoms with van der Waals surface area (Å²) < 4.78 is 2.04. The zero-order valence-corrected chi connectivity index (χ0v) is 8.57. The molecule has 3 nitrogen and oxygen atoms in total. The van der Waals surface area contributed by atoms with Crippen LogP contribution in [-0.4, -0.2) is 15.6 Å². The van der Waals surface area contributed by atoms with E-state index in [1.54, 1.807) is 0 Å². The minimum absolute atomic E-state index is 0.402. The van der Waals surface area contributed by atoms with Gasteiger partial charge in [0.15, 0.2) is 0 Å². The van der Waals surface area contributed by atoms with Gasteiger partial charge in [0, 0.05) is 37.2 Å². The summed E-state index contributed by atoms with van der Waals surface area (Å²) in [6.07, 6.45) is 5.41. The Balaban J connectivity index is 2.14. The van der Waals surface area contributed by atoms with Crippen LogP contribution < -0.4 is 0 Å². The second-order valence-electron chi connectivity index (χ2n) is 3.96. The number of carbonyl (C=O) groups excluding carboxylic acids is 1. The number of aryl methyl sites for hydroxylation is 1. The Labute approximate surface area is 84.1 Å². The Morgan fingerprint density at radius 1 is 1.64 bits per heavy atom. The summed E-state index contributed by atoms with van der Waals surface area (Å²) in [7, 11) is 0. The van der Waals surface area contributed by atoms with Crippen molar-refractivity contribution in [1.29, 1.82) is 0 Å². The molecule has 1 fully saturated rings. The minimum Gasteiger partial charge on any atom is -0.300 e. The van der Waals surface area contributed by atoms with Crippen LogP contribution >= 0.6 is 0 Å². The number of Topliss-reactive ketones (excluding diaryl/α,β-unsaturated/α-hetero) is 1. The Morgan fingerprint density at radius 3 is 3.14 bits per heavy atom. The first-order valence-corrected chi connectivity index (χ1v) is 5.34. The third-order valence-electron chi connectivity index (χ3n) is 2.85. The van der Waals surface area contributed by atoms with Crippen LogP contribution in [0.25, 0.3) is 0 Å². The molecular formula is C11H16N2O. The van der Waals surface area contributed by atoms with Gasteiger partial charge in [0.2, 0.25) is 0 Å². The van der Waals surface area contributed by atoms with Crippen molar-refractivity contribution in [2.75, 3.05) is 0 Å². The number of hydrogen-bond donors (Lipinski definition) is 0. The molecule has 0 amide bonds. The van der Waals surface area contributed by atoms with Crippen LogP contribution in [-0.2, 0) is 11.3 Å². The molecule has 1 unspecified atom stereocenters. The first-order valence-electron chi connectivity index (χ1n) is 5.34. The van der Waals surface area contributed by atoms with E-state index in [0.717, 1.165) is 32.2 Å². The Hall–Kier alpha value is -1.12. The van der Waals surface area contributed by atoms with Gasteiger partial charge in [-0.2, -0.15) is 5.10 Å². The molecule has 0 spiro atoms. The largest absolute Gasteiger partial charge is 0.300 e. The van der Waals surface area contributed by atoms with Crippen molar-refractivity contribution in [2.24, 2.45) is 0 Å². The van der Waals surface area contributed by atoms with Crippen molar-refractivity contribution in [3.63, 3.8) is 0 Å². The van der Waals surface area contributed by atoms with Gasteiger partial charge in [-0.15, -0.1) is 0 Å². The normalized spacial score (nSPS) is 21.8. The number of aromatic nitrogens is 2. The summed E-state index contributed by atoms with van der Waals surface area (Å²) in [5, 5.41) is 4.28. The summed E-state index contributed by atoms with van der Waals surface area (Å²) >= 11 is 0. The number of rotatable bonds is 3. The lowest BCUT2D eigenvalue weighted by Gasteiger charge is -2.10. The molecular weight excluding hydrogens is 176 g/mol. The lowest BCUT2D eigenvalue weighted by atomic mass is 10.0. The van der Waals surface area contributed by atoms with Crippen molar-refractivity contribution in [1.82, 2.24) is 9.78 Å². The molecule has 1 heterocycles. The van der Waals surface area contributed by atoms with E-state index in [-0.39, 0.29) is 0 Å². The van der Waals surface area contributed by atoms with E-state index in [4.69, 9.17) is 0 Å². The van der Waals surface area contributed by atoms with Crippen molar-refractivity contribution >= 4 is 5.78 Å². The van der Waals surface area contributed by atoms with Crippen LogP contribution in [0, 0.1) is 0 Å². The highest BCUT2D eigenvalue weighted by Gasteiger charge is 2.25. The van der Waals surface area contributed by atoms with Crippen LogP contribution in [0.2, 0.25) is 0 Å². The molecule has 0 bridgehead atoms. The van der Waals surface area contributed by atoms with Crippen molar-refractivity contribution < 1.29 is 4.79 Å². The lowest BCUT2D eigenvalue weighted by Crippen LogP contribution is -2.07. The molecule has 1 aromatic heterocycles. The van der Waals surface area contributed by atoms with E-state index in [1.807, 2.05) is 10.9 Å². The van der Waals surface area contributed by atoms with E-state index in [1.165, 1.54) is 5.69 Å². The molecule has 1 saturated carbocycles. The van der Waals surface area contributed by atoms with Crippen molar-refractivity contribution in [3.8, 4) is 0 Å². The van der Waals surface area contributed by atoms with Crippen LogP contribution in [0.5, 0.6) is 0 Å². The highest BCUT2D eigenvalue weighted by molar-refractivity contribution is 5.81. The van der Waals surface area contributed by atoms with Crippen molar-refractivity contribution in [2.45, 2.75) is 45.1 Å². The molecule has 1 aliphatic carbocycles. The fraction of sp³-hybridized carbons (Fsp3) is 0.636. The molecule has 0 aliphatic heterocycles. The molecule has 14 heavy (non-hydrogen) atoms. The summed E-state index contributed by atoms with van der Waals surface area (Å²) in [4.78, 5) is 11.2. The number of ketones is 1. The smallest absolute Gasteiger partial charge is 0.133 e. The maximum absolute atomic E-state index is 11.2. The highest BCUT2D eigenvalue weighted by atomic mass is 16.1. The molecule has 76 valence electrons. The van der Waals surface area contributed by atoms with E-state index in [9.17, 15) is 4.79 Å². The first kappa shape index (κ1) is 9.44. The van der Waals surface area contributed by atoms with Crippen LogP contribution in [0.3, 0.4) is 0 Å². The standard InChI is InChI=1S/C11H16N2O/c1-2-7-13-11(5-6-12-13)9-3-4-10(14)8-9/h5-6,9H,2-4,7-8H2,1H3. The predicted octanol–water partition coefficient (Wildman–Crippen LogP) is 2.13. The average Bonchev–Trinajstić information content (AvgIpc) is 2.74. The molecule has 1 aliphatic rings. The van der Waals surface area contributed by atoms with Crippen LogP contribution in [0.1, 0.15) is 44.2 Å². The lowest BCUT2D eigenvalue weighted by molar-refractivity contribution is -0.117. The second kappa shape index (κ2) is 3.95. The molecule has 1 aromatic rings. The second-order valence-corrected chi connectivity index (χ2v) is 3.96. The topological polar surface area (TPSA) is 34.9 Å². The van der Waals surface area contributed by atoms with Crippen molar-refractivity contribution in [3.05, 3.63) is 18.0 Å². The van der Waals surface area contributed by atoms with Gasteiger partial charge in [0.25, 0.3) is 0 Å². The van der Waals surface area contributed by atoms with Gasteiger partial charge < -0.3 is 0 Å². The van der Waals surface area contributed by atoms with E-state index in [2.05, 4.69) is 18.1 Å². The first-order chi connectivity index (χ1) is 6.81. The Bertz CT molecular complexity index is 330. The van der Waals surface area contributed by atoms with Crippen LogP contribution in [0.4, 0.5) is 0 Å². The summed E-state index contributed by atoms with van der Waals surface area (Å²) in [6.45, 7) is 3.11. The zero-order chi connectivity index (χ0) is 9.97. The van der Waals surface area contributed by atoms with Crippen LogP contribution in [0.15, 0.2) is 12.3 Å². The Kier molecular flexibility index (Phi) is 2.66. The minimum atomic E-state index is 0.402. The number of hydrogen-bond acceptors (Lipinski definition) is 2. The Morgan fingerprint density at radius 2 is 2.50 bits per heavy atom.